The predicted molar refractivity (Wildman–Crippen MR) is 210 cm³/mol. The van der Waals surface area contributed by atoms with Crippen LogP contribution in [0.1, 0.15) is 80.9 Å². The van der Waals surface area contributed by atoms with E-state index in [-0.39, 0.29) is 24.2 Å². The molecule has 0 saturated carbocycles. The Labute approximate surface area is 321 Å². The summed E-state index contributed by atoms with van der Waals surface area (Å²) in [7, 11) is 0. The van der Waals surface area contributed by atoms with Crippen LogP contribution in [-0.4, -0.2) is 103 Å². The zero-order chi connectivity index (χ0) is 38.5. The van der Waals surface area contributed by atoms with Crippen molar-refractivity contribution in [2.24, 2.45) is 10.2 Å². The first-order valence-electron chi connectivity index (χ1n) is 18.8. The lowest BCUT2D eigenvalue weighted by Gasteiger charge is -2.38. The molecular weight excluding hydrogens is 699 g/mol. The van der Waals surface area contributed by atoms with Gasteiger partial charge in [0.25, 0.3) is 11.8 Å². The van der Waals surface area contributed by atoms with Gasteiger partial charge in [-0.25, -0.2) is 9.97 Å². The summed E-state index contributed by atoms with van der Waals surface area (Å²) in [6, 6.07) is 13.4. The molecule has 0 spiro atoms. The highest BCUT2D eigenvalue weighted by Gasteiger charge is 2.33. The van der Waals surface area contributed by atoms with Gasteiger partial charge in [0.2, 0.25) is 5.65 Å². The summed E-state index contributed by atoms with van der Waals surface area (Å²) in [4.78, 5) is 28.9. The van der Waals surface area contributed by atoms with Gasteiger partial charge in [0.05, 0.1) is 54.9 Å². The van der Waals surface area contributed by atoms with Gasteiger partial charge < -0.3 is 23.5 Å². The Hall–Kier alpha value is -5.67. The fraction of sp³-hybridized carbons (Fsp3) is 0.425. The maximum Gasteiger partial charge on any atom is 0.258 e. The molecule has 2 aromatic carbocycles. The van der Waals surface area contributed by atoms with Crippen molar-refractivity contribution in [1.82, 2.24) is 39.2 Å². The molecule has 15 heteroatoms. The standard InChI is InChI=1S/C40H49N11O4/c1-27(2)35-24-47-20-19-43-39(38(47)46-35)55-32-14-11-28(3)48(22-32)26-53-25-30-13-16-31(21-37(30)51-44-17-18-45-51)54-33-15-12-29(4)49(23-33)40(52)34-9-7-8-10-36(34)50(41-5)42-6/h7-10,13,16-21,24,27-29,32-33H,5-6,11-12,14-15,22-23,25-26H2,1-4H3/t28-,29-,32-,33-/m1/s1. The van der Waals surface area contributed by atoms with Gasteiger partial charge in [-0.05, 0) is 63.6 Å². The fourth-order valence-electron chi connectivity index (χ4n) is 7.22. The molecule has 7 rings (SSSR count). The average molecular weight is 748 g/mol. The van der Waals surface area contributed by atoms with E-state index in [1.807, 2.05) is 52.0 Å². The van der Waals surface area contributed by atoms with Crippen molar-refractivity contribution in [3.63, 3.8) is 0 Å². The molecule has 0 bridgehead atoms. The molecule has 5 heterocycles. The number of imidazole rings is 1. The van der Waals surface area contributed by atoms with Crippen molar-refractivity contribution >= 4 is 30.7 Å². The predicted octanol–water partition coefficient (Wildman–Crippen LogP) is 5.95. The summed E-state index contributed by atoms with van der Waals surface area (Å²) in [5.41, 5.74) is 4.41. The lowest BCUT2D eigenvalue weighted by molar-refractivity contribution is -0.0411. The summed E-state index contributed by atoms with van der Waals surface area (Å²) >= 11 is 0. The highest BCUT2D eigenvalue weighted by atomic mass is 16.5. The molecule has 2 aliphatic heterocycles. The van der Waals surface area contributed by atoms with E-state index >= 15 is 0 Å². The molecule has 0 aliphatic carbocycles. The van der Waals surface area contributed by atoms with Crippen LogP contribution in [0.15, 0.2) is 83.7 Å². The number of hydrogen-bond acceptors (Lipinski definition) is 12. The van der Waals surface area contributed by atoms with Gasteiger partial charge in [-0.15, -0.1) is 0 Å². The Bertz CT molecular complexity index is 2090. The van der Waals surface area contributed by atoms with E-state index in [9.17, 15) is 4.79 Å². The maximum absolute atomic E-state index is 13.9. The SMILES string of the molecule is C=NN(N=C)c1ccccc1C(=O)N1C[C@H](Oc2ccc(COCN3C[C@H](Oc4nccn5cc(C(C)C)nc45)CC[C@H]3C)c(-n3nccn3)c2)CC[C@H]1C. The molecule has 5 aromatic rings. The molecule has 4 atom stereocenters. The number of likely N-dealkylation sites (tertiary alicyclic amines) is 2. The number of nitrogens with zero attached hydrogens (tertiary/aromatic N) is 11. The van der Waals surface area contributed by atoms with Crippen LogP contribution in [0, 0.1) is 0 Å². The minimum atomic E-state index is -0.220. The zero-order valence-electron chi connectivity index (χ0n) is 31.9. The third kappa shape index (κ3) is 8.37. The highest BCUT2D eigenvalue weighted by molar-refractivity contribution is 6.00. The zero-order valence-corrected chi connectivity index (χ0v) is 31.9. The number of rotatable bonds is 14. The van der Waals surface area contributed by atoms with Crippen LogP contribution in [0.5, 0.6) is 11.6 Å². The number of fused-ring (bicyclic) bond motifs is 1. The molecule has 2 saturated heterocycles. The van der Waals surface area contributed by atoms with Crippen LogP contribution in [-0.2, 0) is 11.3 Å². The van der Waals surface area contributed by atoms with Crippen molar-refractivity contribution in [1.29, 1.82) is 0 Å². The van der Waals surface area contributed by atoms with Crippen molar-refractivity contribution in [2.45, 2.75) is 90.2 Å². The quantitative estimate of drug-likeness (QED) is 0.0989. The number of hydrazone groups is 2. The first-order valence-corrected chi connectivity index (χ1v) is 18.8. The number of piperidine rings is 2. The van der Waals surface area contributed by atoms with Crippen molar-refractivity contribution < 1.29 is 19.0 Å². The number of amides is 1. The molecule has 0 radical (unpaired) electrons. The Morgan fingerprint density at radius 1 is 0.945 bits per heavy atom. The number of anilines is 1. The molecule has 0 N–H and O–H groups in total. The lowest BCUT2D eigenvalue weighted by atomic mass is 9.99. The molecule has 15 nitrogen and oxygen atoms in total. The van der Waals surface area contributed by atoms with Gasteiger partial charge in [-0.1, -0.05) is 32.0 Å². The van der Waals surface area contributed by atoms with Gasteiger partial charge in [0.15, 0.2) is 0 Å². The molecule has 3 aromatic heterocycles. The second kappa shape index (κ2) is 16.8. The number of hydrogen-bond donors (Lipinski definition) is 0. The first-order chi connectivity index (χ1) is 26.7. The van der Waals surface area contributed by atoms with E-state index in [0.29, 0.717) is 61.3 Å². The Kier molecular flexibility index (Phi) is 11.5. The van der Waals surface area contributed by atoms with E-state index in [0.717, 1.165) is 48.3 Å². The lowest BCUT2D eigenvalue weighted by Crippen LogP contribution is -2.49. The molecule has 2 fully saturated rings. The normalized spacial score (nSPS) is 20.4. The number of carbonyl (C=O) groups is 1. The highest BCUT2D eigenvalue weighted by Crippen LogP contribution is 2.30. The fourth-order valence-corrected chi connectivity index (χ4v) is 7.22. The van der Waals surface area contributed by atoms with E-state index in [2.05, 4.69) is 71.4 Å². The summed E-state index contributed by atoms with van der Waals surface area (Å²) in [6.45, 7) is 17.6. The Morgan fingerprint density at radius 2 is 1.69 bits per heavy atom. The monoisotopic (exact) mass is 747 g/mol. The van der Waals surface area contributed by atoms with Crippen molar-refractivity contribution in [3.05, 3.63) is 90.3 Å². The van der Waals surface area contributed by atoms with Crippen LogP contribution in [0.2, 0.25) is 0 Å². The van der Waals surface area contributed by atoms with Gasteiger partial charge in [-0.3, -0.25) is 9.69 Å². The second-order valence-corrected chi connectivity index (χ2v) is 14.5. The first kappa shape index (κ1) is 37.6. The van der Waals surface area contributed by atoms with Crippen LogP contribution in [0.25, 0.3) is 11.3 Å². The summed E-state index contributed by atoms with van der Waals surface area (Å²) in [5.74, 6) is 1.40. The summed E-state index contributed by atoms with van der Waals surface area (Å²) in [5, 5.41) is 17.9. The van der Waals surface area contributed by atoms with E-state index in [1.54, 1.807) is 35.5 Å². The third-order valence-electron chi connectivity index (χ3n) is 10.4. The molecule has 55 heavy (non-hydrogen) atoms. The molecule has 288 valence electrons. The second-order valence-electron chi connectivity index (χ2n) is 14.5. The van der Waals surface area contributed by atoms with E-state index in [4.69, 9.17) is 19.2 Å². The Balaban J connectivity index is 0.999. The van der Waals surface area contributed by atoms with Crippen LogP contribution in [0.4, 0.5) is 5.69 Å². The van der Waals surface area contributed by atoms with E-state index in [1.165, 1.54) is 5.12 Å². The topological polar surface area (TPSA) is 140 Å². The minimum Gasteiger partial charge on any atom is -0.489 e. The van der Waals surface area contributed by atoms with Crippen molar-refractivity contribution in [2.75, 3.05) is 24.9 Å². The molecule has 0 unspecified atom stereocenters. The van der Waals surface area contributed by atoms with Crippen LogP contribution >= 0.6 is 0 Å². The van der Waals surface area contributed by atoms with Crippen LogP contribution < -0.4 is 14.6 Å². The smallest absolute Gasteiger partial charge is 0.258 e. The van der Waals surface area contributed by atoms with Gasteiger partial charge in [0, 0.05) is 62.3 Å². The molecule has 1 amide bonds. The number of carbonyl (C=O) groups excluding carboxylic acids is 1. The number of ether oxygens (including phenoxy) is 3. The van der Waals surface area contributed by atoms with Gasteiger partial charge in [0.1, 0.15) is 18.0 Å². The number of para-hydroxylation sites is 1. The number of aromatic nitrogens is 6. The van der Waals surface area contributed by atoms with Gasteiger partial charge in [-0.2, -0.15) is 30.3 Å². The Morgan fingerprint density at radius 3 is 2.45 bits per heavy atom. The average Bonchev–Trinajstić information content (AvgIpc) is 3.90. The van der Waals surface area contributed by atoms with E-state index < -0.39 is 0 Å². The summed E-state index contributed by atoms with van der Waals surface area (Å²) in [6.07, 6.45) is 12.2. The molecular formula is C40H49N11O4. The summed E-state index contributed by atoms with van der Waals surface area (Å²) < 4.78 is 21.3. The van der Waals surface area contributed by atoms with Gasteiger partial charge >= 0.3 is 0 Å². The largest absolute Gasteiger partial charge is 0.489 e. The minimum absolute atomic E-state index is 0.0236. The number of benzene rings is 2. The maximum atomic E-state index is 13.9. The third-order valence-corrected chi connectivity index (χ3v) is 10.4. The van der Waals surface area contributed by atoms with Crippen LogP contribution in [0.3, 0.4) is 0 Å². The molecule has 2 aliphatic rings. The van der Waals surface area contributed by atoms with Crippen molar-refractivity contribution in [3.8, 4) is 17.3 Å².